The number of ether oxygens (including phenoxy) is 1. The van der Waals surface area contributed by atoms with E-state index in [0.717, 1.165) is 24.8 Å². The summed E-state index contributed by atoms with van der Waals surface area (Å²) in [6.45, 7) is 8.34. The number of likely N-dealkylation sites (tertiary alicyclic amines) is 1. The molecule has 2 bridgehead atoms. The van der Waals surface area contributed by atoms with E-state index in [2.05, 4.69) is 29.1 Å². The zero-order valence-electron chi connectivity index (χ0n) is 21.0. The number of rotatable bonds is 13. The molecule has 3 saturated heterocycles. The van der Waals surface area contributed by atoms with E-state index in [1.165, 1.54) is 4.90 Å². The van der Waals surface area contributed by atoms with Crippen molar-refractivity contribution >= 4 is 45.5 Å². The Morgan fingerprint density at radius 3 is 2.68 bits per heavy atom. The molecule has 3 fully saturated rings. The van der Waals surface area contributed by atoms with Crippen LogP contribution >= 0.6 is 27.7 Å². The van der Waals surface area contributed by atoms with Crippen LogP contribution in [-0.2, 0) is 25.7 Å². The van der Waals surface area contributed by atoms with Gasteiger partial charge >= 0.3 is 5.97 Å². The number of benzene rings is 1. The van der Waals surface area contributed by atoms with E-state index < -0.39 is 22.6 Å². The minimum Gasteiger partial charge on any atom is -0.465 e. The number of carbonyl (C=O) groups excluding carboxylic acids is 3. The molecule has 1 aromatic carbocycles. The molecular formula is C28H35BrN2O5S. The third-order valence-electron chi connectivity index (χ3n) is 7.56. The standard InChI is InChI=1S/C28H35BrN2O5S/c1-3-5-6-10-16-36-27(35)21-22-25(33)31(14-15-32)24(28(22)17-20(29)23(21)37-28)26(34)30(13-4-2)18-19-11-8-7-9-12-19/h3-4,7-9,11-12,20-24,32H,1-2,5-6,10,13-18H2/t20?,21-,22-,23-,24?,28?/m0/s1. The van der Waals surface area contributed by atoms with E-state index in [1.54, 1.807) is 22.7 Å². The lowest BCUT2D eigenvalue weighted by molar-refractivity contribution is -0.154. The third kappa shape index (κ3) is 5.27. The van der Waals surface area contributed by atoms with Gasteiger partial charge < -0.3 is 19.6 Å². The van der Waals surface area contributed by atoms with Crippen LogP contribution in [0.15, 0.2) is 55.6 Å². The minimum absolute atomic E-state index is 0.0220. The summed E-state index contributed by atoms with van der Waals surface area (Å²) in [5, 5.41) is 9.67. The quantitative estimate of drug-likeness (QED) is 0.164. The second kappa shape index (κ2) is 12.2. The van der Waals surface area contributed by atoms with E-state index in [9.17, 15) is 19.5 Å². The van der Waals surface area contributed by atoms with Gasteiger partial charge in [-0.25, -0.2) is 0 Å². The first kappa shape index (κ1) is 27.9. The molecule has 0 saturated carbocycles. The Balaban J connectivity index is 1.62. The summed E-state index contributed by atoms with van der Waals surface area (Å²) in [6, 6.07) is 8.92. The number of alkyl halides is 1. The van der Waals surface area contributed by atoms with E-state index in [1.807, 2.05) is 36.4 Å². The number of nitrogens with zero attached hydrogens (tertiary/aromatic N) is 2. The number of aliphatic hydroxyl groups excluding tert-OH is 1. The summed E-state index contributed by atoms with van der Waals surface area (Å²) in [4.78, 5) is 44.5. The van der Waals surface area contributed by atoms with Crippen LogP contribution in [0.2, 0.25) is 0 Å². The fourth-order valence-electron chi connectivity index (χ4n) is 6.05. The highest BCUT2D eigenvalue weighted by atomic mass is 79.9. The van der Waals surface area contributed by atoms with Crippen LogP contribution in [0, 0.1) is 11.8 Å². The molecule has 1 N–H and O–H groups in total. The van der Waals surface area contributed by atoms with Crippen molar-refractivity contribution in [2.75, 3.05) is 26.3 Å². The van der Waals surface area contributed by atoms with Gasteiger partial charge in [0.05, 0.1) is 29.8 Å². The number of halogens is 1. The Kier molecular flexibility index (Phi) is 9.19. The average molecular weight is 592 g/mol. The van der Waals surface area contributed by atoms with Crippen molar-refractivity contribution < 1.29 is 24.2 Å². The molecule has 3 aliphatic rings. The molecule has 4 rings (SSSR count). The summed E-state index contributed by atoms with van der Waals surface area (Å²) >= 11 is 5.33. The summed E-state index contributed by atoms with van der Waals surface area (Å²) in [5.41, 5.74) is 0.976. The predicted octanol–water partition coefficient (Wildman–Crippen LogP) is 3.56. The fraction of sp³-hybridized carbons (Fsp3) is 0.536. The highest BCUT2D eigenvalue weighted by Gasteiger charge is 2.76. The molecule has 9 heteroatoms. The predicted molar refractivity (Wildman–Crippen MR) is 148 cm³/mol. The van der Waals surface area contributed by atoms with Crippen LogP contribution in [0.5, 0.6) is 0 Å². The summed E-state index contributed by atoms with van der Waals surface area (Å²) < 4.78 is 4.89. The highest BCUT2D eigenvalue weighted by molar-refractivity contribution is 9.09. The van der Waals surface area contributed by atoms with Crippen LogP contribution in [0.1, 0.15) is 31.2 Å². The molecule has 6 atom stereocenters. The number of hydrogen-bond acceptors (Lipinski definition) is 6. The SMILES string of the molecule is C=CCCCCOC(=O)[C@H]1[C@H]2C(=O)N(CCO)C(C(=O)N(CC=C)Cc3ccccc3)C23CC(Br)[C@@H]1S3. The van der Waals surface area contributed by atoms with Gasteiger partial charge in [-0.15, -0.1) is 24.9 Å². The van der Waals surface area contributed by atoms with Crippen molar-refractivity contribution in [3.63, 3.8) is 0 Å². The Hall–Kier alpha value is -2.10. The van der Waals surface area contributed by atoms with Gasteiger partial charge in [0.15, 0.2) is 0 Å². The lowest BCUT2D eigenvalue weighted by atomic mass is 9.71. The van der Waals surface area contributed by atoms with Crippen molar-refractivity contribution in [2.24, 2.45) is 11.8 Å². The topological polar surface area (TPSA) is 87.1 Å². The maximum absolute atomic E-state index is 14.2. The van der Waals surface area contributed by atoms with E-state index in [0.29, 0.717) is 26.1 Å². The molecular weight excluding hydrogens is 556 g/mol. The first-order valence-corrected chi connectivity index (χ1v) is 14.6. The lowest BCUT2D eigenvalue weighted by Gasteiger charge is -2.37. The van der Waals surface area contributed by atoms with Gasteiger partial charge in [-0.1, -0.05) is 58.4 Å². The number of unbranched alkanes of at least 4 members (excludes halogenated alkanes) is 2. The second-order valence-electron chi connectivity index (χ2n) is 9.86. The average Bonchev–Trinajstić information content (AvgIpc) is 3.48. The number of allylic oxidation sites excluding steroid dienone is 1. The molecule has 0 radical (unpaired) electrons. The van der Waals surface area contributed by atoms with Gasteiger partial charge in [0.1, 0.15) is 6.04 Å². The van der Waals surface area contributed by atoms with Crippen LogP contribution < -0.4 is 0 Å². The van der Waals surface area contributed by atoms with E-state index >= 15 is 0 Å². The van der Waals surface area contributed by atoms with Crippen molar-refractivity contribution in [1.82, 2.24) is 9.80 Å². The van der Waals surface area contributed by atoms with Crippen molar-refractivity contribution in [2.45, 2.75) is 53.1 Å². The summed E-state index contributed by atoms with van der Waals surface area (Å²) in [7, 11) is 0. The Morgan fingerprint density at radius 2 is 2.00 bits per heavy atom. The Bertz CT molecular complexity index is 1020. The number of aliphatic hydroxyl groups is 1. The number of fused-ring (bicyclic) bond motifs is 1. The van der Waals surface area contributed by atoms with Crippen LogP contribution in [0.4, 0.5) is 0 Å². The van der Waals surface area contributed by atoms with Gasteiger partial charge in [-0.05, 0) is 31.2 Å². The first-order valence-electron chi connectivity index (χ1n) is 12.8. The molecule has 3 aliphatic heterocycles. The van der Waals surface area contributed by atoms with E-state index in [-0.39, 0.29) is 41.0 Å². The molecule has 200 valence electrons. The largest absolute Gasteiger partial charge is 0.465 e. The van der Waals surface area contributed by atoms with Crippen LogP contribution in [-0.4, -0.2) is 79.9 Å². The molecule has 3 unspecified atom stereocenters. The number of β-amino-alcohol motifs (C(OH)–C–C–N with tert-alkyl or cyclic N) is 1. The minimum atomic E-state index is -0.777. The number of amides is 2. The molecule has 2 amide bonds. The van der Waals surface area contributed by atoms with E-state index in [4.69, 9.17) is 4.74 Å². The maximum Gasteiger partial charge on any atom is 0.310 e. The summed E-state index contributed by atoms with van der Waals surface area (Å²) in [5.74, 6) is -2.08. The van der Waals surface area contributed by atoms with Gasteiger partial charge in [-0.2, -0.15) is 0 Å². The van der Waals surface area contributed by atoms with Crippen molar-refractivity contribution in [1.29, 1.82) is 0 Å². The maximum atomic E-state index is 14.2. The van der Waals surface area contributed by atoms with Crippen molar-refractivity contribution in [3.8, 4) is 0 Å². The Morgan fingerprint density at radius 1 is 1.24 bits per heavy atom. The van der Waals surface area contributed by atoms with Crippen LogP contribution in [0.25, 0.3) is 0 Å². The third-order valence-corrected chi connectivity index (χ3v) is 10.8. The second-order valence-corrected chi connectivity index (χ2v) is 12.6. The smallest absolute Gasteiger partial charge is 0.310 e. The van der Waals surface area contributed by atoms with Crippen LogP contribution in [0.3, 0.4) is 0 Å². The van der Waals surface area contributed by atoms with Gasteiger partial charge in [0.25, 0.3) is 0 Å². The molecule has 7 nitrogen and oxygen atoms in total. The highest BCUT2D eigenvalue weighted by Crippen LogP contribution is 2.68. The lowest BCUT2D eigenvalue weighted by Crippen LogP contribution is -2.55. The first-order chi connectivity index (χ1) is 17.9. The molecule has 1 spiro atoms. The zero-order valence-corrected chi connectivity index (χ0v) is 23.4. The normalized spacial score (nSPS) is 29.7. The number of hydrogen-bond donors (Lipinski definition) is 1. The summed E-state index contributed by atoms with van der Waals surface area (Å²) in [6.07, 6.45) is 6.59. The van der Waals surface area contributed by atoms with Gasteiger partial charge in [-0.3, -0.25) is 14.4 Å². The monoisotopic (exact) mass is 590 g/mol. The molecule has 3 heterocycles. The fourth-order valence-corrected chi connectivity index (χ4v) is 9.65. The van der Waals surface area contributed by atoms with Gasteiger partial charge in [0.2, 0.25) is 11.8 Å². The number of esters is 1. The zero-order chi connectivity index (χ0) is 26.6. The van der Waals surface area contributed by atoms with Gasteiger partial charge in [0, 0.05) is 29.7 Å². The molecule has 0 aromatic heterocycles. The number of thioether (sulfide) groups is 1. The molecule has 0 aliphatic carbocycles. The number of carbonyl (C=O) groups is 3. The Labute approximate surface area is 231 Å². The molecule has 1 aromatic rings. The molecule has 37 heavy (non-hydrogen) atoms. The van der Waals surface area contributed by atoms with Crippen molar-refractivity contribution in [3.05, 3.63) is 61.2 Å².